The molecular weight excluding hydrogens is 257 g/mol. The zero-order valence-electron chi connectivity index (χ0n) is 12.3. The predicted molar refractivity (Wildman–Crippen MR) is 80.4 cm³/mol. The molecule has 0 aliphatic carbocycles. The lowest BCUT2D eigenvalue weighted by Crippen LogP contribution is -2.28. The summed E-state index contributed by atoms with van der Waals surface area (Å²) in [6, 6.07) is 4.64. The van der Waals surface area contributed by atoms with Crippen LogP contribution in [0.5, 0.6) is 0 Å². The van der Waals surface area contributed by atoms with Gasteiger partial charge in [-0.05, 0) is 42.7 Å². The maximum Gasteiger partial charge on any atom is 0.328 e. The summed E-state index contributed by atoms with van der Waals surface area (Å²) in [6.45, 7) is 7.97. The monoisotopic (exact) mass is 279 g/mol. The fourth-order valence-corrected chi connectivity index (χ4v) is 1.96. The third-order valence-electron chi connectivity index (χ3n) is 3.30. The maximum atomic E-state index is 13.7. The molecule has 1 N–H and O–H groups in total. The number of carbonyl (C=O) groups is 1. The van der Waals surface area contributed by atoms with E-state index in [1.807, 2.05) is 13.0 Å². The standard InChI is InChI=1S/C16H22FNO2/c1-4-12(3)11-18(5-2)15-9-13(6-7-16(19)20)8-14(17)10-15/h6-10,12H,4-5,11H2,1-3H3,(H,19,20)/b7-6+. The van der Waals surface area contributed by atoms with E-state index >= 15 is 0 Å². The molecule has 1 atom stereocenters. The van der Waals surface area contributed by atoms with Gasteiger partial charge >= 0.3 is 5.97 Å². The first kappa shape index (κ1) is 16.2. The molecule has 0 aliphatic heterocycles. The molecule has 1 unspecified atom stereocenters. The van der Waals surface area contributed by atoms with Gasteiger partial charge in [0.05, 0.1) is 0 Å². The highest BCUT2D eigenvalue weighted by Crippen LogP contribution is 2.21. The molecule has 0 bridgehead atoms. The maximum absolute atomic E-state index is 13.7. The van der Waals surface area contributed by atoms with Crippen LogP contribution in [0, 0.1) is 11.7 Å². The second-order valence-corrected chi connectivity index (χ2v) is 4.97. The van der Waals surface area contributed by atoms with Gasteiger partial charge in [-0.3, -0.25) is 0 Å². The van der Waals surface area contributed by atoms with Crippen molar-refractivity contribution in [2.75, 3.05) is 18.0 Å². The van der Waals surface area contributed by atoms with Gasteiger partial charge in [0, 0.05) is 24.9 Å². The first-order valence-electron chi connectivity index (χ1n) is 6.92. The van der Waals surface area contributed by atoms with Crippen LogP contribution in [0.25, 0.3) is 6.08 Å². The number of anilines is 1. The van der Waals surface area contributed by atoms with Gasteiger partial charge in [0.25, 0.3) is 0 Å². The molecule has 0 amide bonds. The van der Waals surface area contributed by atoms with Gasteiger partial charge < -0.3 is 10.0 Å². The van der Waals surface area contributed by atoms with E-state index < -0.39 is 5.97 Å². The van der Waals surface area contributed by atoms with Gasteiger partial charge in [0.15, 0.2) is 0 Å². The second kappa shape index (κ2) is 7.68. The number of benzene rings is 1. The summed E-state index contributed by atoms with van der Waals surface area (Å²) in [5.74, 6) is -0.867. The molecule has 20 heavy (non-hydrogen) atoms. The molecule has 0 aromatic heterocycles. The third-order valence-corrected chi connectivity index (χ3v) is 3.30. The Bertz CT molecular complexity index is 485. The molecule has 1 aromatic carbocycles. The Labute approximate surface area is 119 Å². The Morgan fingerprint density at radius 3 is 2.65 bits per heavy atom. The number of nitrogens with zero attached hydrogens (tertiary/aromatic N) is 1. The molecule has 110 valence electrons. The molecule has 4 heteroatoms. The minimum Gasteiger partial charge on any atom is -0.478 e. The van der Waals surface area contributed by atoms with Crippen LogP contribution in [-0.2, 0) is 4.79 Å². The smallest absolute Gasteiger partial charge is 0.328 e. The Balaban J connectivity index is 3.00. The molecule has 3 nitrogen and oxygen atoms in total. The van der Waals surface area contributed by atoms with Crippen LogP contribution in [-0.4, -0.2) is 24.2 Å². The van der Waals surface area contributed by atoms with Crippen LogP contribution in [0.2, 0.25) is 0 Å². The number of rotatable bonds is 7. The minimum absolute atomic E-state index is 0.352. The average Bonchev–Trinajstić information content (AvgIpc) is 2.41. The van der Waals surface area contributed by atoms with Gasteiger partial charge in [-0.25, -0.2) is 9.18 Å². The van der Waals surface area contributed by atoms with Gasteiger partial charge in [-0.2, -0.15) is 0 Å². The summed E-state index contributed by atoms with van der Waals surface area (Å²) in [4.78, 5) is 12.6. The van der Waals surface area contributed by atoms with Crippen molar-refractivity contribution < 1.29 is 14.3 Å². The molecule has 0 spiro atoms. The van der Waals surface area contributed by atoms with Crippen molar-refractivity contribution in [1.82, 2.24) is 0 Å². The number of carboxylic acid groups (broad SMARTS) is 1. The van der Waals surface area contributed by atoms with E-state index in [0.717, 1.165) is 31.3 Å². The van der Waals surface area contributed by atoms with E-state index in [1.54, 1.807) is 0 Å². The summed E-state index contributed by atoms with van der Waals surface area (Å²) in [5.41, 5.74) is 1.35. The fraction of sp³-hybridized carbons (Fsp3) is 0.438. The lowest BCUT2D eigenvalue weighted by Gasteiger charge is -2.26. The average molecular weight is 279 g/mol. The minimum atomic E-state index is -1.04. The lowest BCUT2D eigenvalue weighted by atomic mass is 10.1. The van der Waals surface area contributed by atoms with Crippen LogP contribution < -0.4 is 4.90 Å². The van der Waals surface area contributed by atoms with E-state index in [4.69, 9.17) is 5.11 Å². The zero-order chi connectivity index (χ0) is 15.1. The van der Waals surface area contributed by atoms with Gasteiger partial charge in [-0.15, -0.1) is 0 Å². The van der Waals surface area contributed by atoms with Crippen molar-refractivity contribution in [3.63, 3.8) is 0 Å². The summed E-state index contributed by atoms with van der Waals surface area (Å²) in [6.07, 6.45) is 3.49. The number of aliphatic carboxylic acids is 1. The Morgan fingerprint density at radius 2 is 2.10 bits per heavy atom. The SMILES string of the molecule is CCC(C)CN(CC)c1cc(F)cc(/C=C/C(=O)O)c1. The zero-order valence-corrected chi connectivity index (χ0v) is 12.3. The Kier molecular flexibility index (Phi) is 6.22. The van der Waals surface area contributed by atoms with E-state index in [-0.39, 0.29) is 5.82 Å². The van der Waals surface area contributed by atoms with Gasteiger partial charge in [-0.1, -0.05) is 20.3 Å². The molecule has 0 radical (unpaired) electrons. The van der Waals surface area contributed by atoms with Crippen molar-refractivity contribution in [3.8, 4) is 0 Å². The molecule has 0 aliphatic rings. The lowest BCUT2D eigenvalue weighted by molar-refractivity contribution is -0.131. The van der Waals surface area contributed by atoms with E-state index in [1.165, 1.54) is 18.2 Å². The predicted octanol–water partition coefficient (Wildman–Crippen LogP) is 3.80. The van der Waals surface area contributed by atoms with Gasteiger partial charge in [0.1, 0.15) is 5.82 Å². The quantitative estimate of drug-likeness (QED) is 0.772. The topological polar surface area (TPSA) is 40.5 Å². The number of hydrogen-bond donors (Lipinski definition) is 1. The first-order chi connectivity index (χ1) is 9.46. The summed E-state index contributed by atoms with van der Waals surface area (Å²) in [5, 5.41) is 8.63. The Hall–Kier alpha value is -1.84. The molecule has 0 saturated carbocycles. The van der Waals surface area contributed by atoms with Crippen LogP contribution >= 0.6 is 0 Å². The molecule has 0 saturated heterocycles. The van der Waals surface area contributed by atoms with Crippen LogP contribution in [0.4, 0.5) is 10.1 Å². The van der Waals surface area contributed by atoms with Crippen LogP contribution in [0.15, 0.2) is 24.3 Å². The largest absolute Gasteiger partial charge is 0.478 e. The van der Waals surface area contributed by atoms with Crippen molar-refractivity contribution in [3.05, 3.63) is 35.7 Å². The fourth-order valence-electron chi connectivity index (χ4n) is 1.96. The van der Waals surface area contributed by atoms with Crippen LogP contribution in [0.1, 0.15) is 32.8 Å². The van der Waals surface area contributed by atoms with Crippen molar-refractivity contribution in [2.24, 2.45) is 5.92 Å². The molecule has 1 aromatic rings. The summed E-state index contributed by atoms with van der Waals surface area (Å²) in [7, 11) is 0. The molecule has 0 fully saturated rings. The van der Waals surface area contributed by atoms with E-state index in [2.05, 4.69) is 18.7 Å². The van der Waals surface area contributed by atoms with Gasteiger partial charge in [0.2, 0.25) is 0 Å². The normalized spacial score (nSPS) is 12.6. The van der Waals surface area contributed by atoms with E-state index in [9.17, 15) is 9.18 Å². The Morgan fingerprint density at radius 1 is 1.40 bits per heavy atom. The van der Waals surface area contributed by atoms with Crippen molar-refractivity contribution in [1.29, 1.82) is 0 Å². The highest BCUT2D eigenvalue weighted by atomic mass is 19.1. The third kappa shape index (κ3) is 5.03. The highest BCUT2D eigenvalue weighted by Gasteiger charge is 2.10. The number of carboxylic acids is 1. The summed E-state index contributed by atoms with van der Waals surface area (Å²) < 4.78 is 13.7. The second-order valence-electron chi connectivity index (χ2n) is 4.97. The van der Waals surface area contributed by atoms with Crippen molar-refractivity contribution in [2.45, 2.75) is 27.2 Å². The highest BCUT2D eigenvalue weighted by molar-refractivity contribution is 5.85. The molecule has 0 heterocycles. The number of hydrogen-bond acceptors (Lipinski definition) is 2. The molecular formula is C16H22FNO2. The first-order valence-corrected chi connectivity index (χ1v) is 6.92. The van der Waals surface area contributed by atoms with E-state index in [0.29, 0.717) is 11.5 Å². The van der Waals surface area contributed by atoms with Crippen molar-refractivity contribution >= 4 is 17.7 Å². The molecule has 1 rings (SSSR count). The summed E-state index contributed by atoms with van der Waals surface area (Å²) >= 11 is 0. The van der Waals surface area contributed by atoms with Crippen LogP contribution in [0.3, 0.4) is 0 Å². The number of halogens is 1.